The zero-order chi connectivity index (χ0) is 27.1. The third-order valence-corrected chi connectivity index (χ3v) is 6.83. The minimum absolute atomic E-state index is 0.162. The van der Waals surface area contributed by atoms with E-state index in [2.05, 4.69) is 16.1 Å². The number of aliphatic imine (C=N–C) groups is 2. The van der Waals surface area contributed by atoms with Crippen LogP contribution >= 0.6 is 0 Å². The lowest BCUT2D eigenvalue weighted by Gasteiger charge is -2.38. The molecule has 2 aromatic rings. The molecule has 0 aliphatic carbocycles. The van der Waals surface area contributed by atoms with E-state index in [0.29, 0.717) is 12.4 Å². The van der Waals surface area contributed by atoms with Crippen molar-refractivity contribution in [1.82, 2.24) is 0 Å². The molecular weight excluding hydrogens is 509 g/mol. The Hall–Kier alpha value is -3.03. The highest BCUT2D eigenvalue weighted by Crippen LogP contribution is 2.28. The van der Waals surface area contributed by atoms with E-state index in [0.717, 1.165) is 36.1 Å². The van der Waals surface area contributed by atoms with Crippen molar-refractivity contribution < 1.29 is 25.3 Å². The molecule has 1 aliphatic heterocycles. The second-order valence-corrected chi connectivity index (χ2v) is 11.7. The predicted octanol–water partition coefficient (Wildman–Crippen LogP) is 2.99. The number of benzene rings is 2. The van der Waals surface area contributed by atoms with Gasteiger partial charge < -0.3 is 11.5 Å². The molecule has 2 aromatic carbocycles. The molecule has 13 heteroatoms. The van der Waals surface area contributed by atoms with Crippen molar-refractivity contribution in [3.63, 3.8) is 0 Å². The fourth-order valence-electron chi connectivity index (χ4n) is 3.61. The van der Waals surface area contributed by atoms with Gasteiger partial charge in [0.15, 0.2) is 0 Å². The first-order chi connectivity index (χ1) is 16.6. The Balaban J connectivity index is 0.000000678. The van der Waals surface area contributed by atoms with Gasteiger partial charge in [0.1, 0.15) is 5.66 Å². The summed E-state index contributed by atoms with van der Waals surface area (Å²) in [6.07, 6.45) is 3.26. The largest absolute Gasteiger partial charge is 0.369 e. The zero-order valence-electron chi connectivity index (χ0n) is 20.4. The van der Waals surface area contributed by atoms with Crippen LogP contribution in [0.2, 0.25) is 0 Å². The number of guanidine groups is 2. The van der Waals surface area contributed by atoms with Crippen LogP contribution in [-0.4, -0.2) is 44.7 Å². The topological polar surface area (TPSA) is 169 Å². The van der Waals surface area contributed by atoms with Crippen molar-refractivity contribution in [1.29, 1.82) is 0 Å². The highest BCUT2D eigenvalue weighted by atomic mass is 32.3. The molecule has 0 atom stereocenters. The van der Waals surface area contributed by atoms with Gasteiger partial charge in [-0.2, -0.15) is 21.8 Å². The normalized spacial score (nSPS) is 15.4. The lowest BCUT2D eigenvalue weighted by Crippen LogP contribution is -2.54. The third kappa shape index (κ3) is 8.88. The second kappa shape index (κ2) is 11.8. The Kier molecular flexibility index (Phi) is 9.57. The van der Waals surface area contributed by atoms with Crippen LogP contribution in [0.3, 0.4) is 0 Å². The lowest BCUT2D eigenvalue weighted by molar-refractivity contribution is 0.484. The second-order valence-electron chi connectivity index (χ2n) is 8.60. The van der Waals surface area contributed by atoms with Crippen molar-refractivity contribution in [2.45, 2.75) is 57.0 Å². The molecule has 1 heterocycles. The molecule has 36 heavy (non-hydrogen) atoms. The minimum Gasteiger partial charge on any atom is -0.369 e. The maximum atomic E-state index is 13.1. The summed E-state index contributed by atoms with van der Waals surface area (Å²) in [5.74, 6) is 0.259. The van der Waals surface area contributed by atoms with Gasteiger partial charge in [-0.15, -0.1) is 3.89 Å². The fourth-order valence-corrected chi connectivity index (χ4v) is 4.15. The van der Waals surface area contributed by atoms with Gasteiger partial charge >= 0.3 is 10.2 Å². The highest BCUT2D eigenvalue weighted by molar-refractivity contribution is 7.86. The first-order valence-corrected chi connectivity index (χ1v) is 14.2. The number of hydrogen-bond acceptors (Lipinski definition) is 9. The highest BCUT2D eigenvalue weighted by Gasteiger charge is 2.32. The van der Waals surface area contributed by atoms with Crippen LogP contribution in [0.15, 0.2) is 63.4 Å². The average molecular weight is 542 g/mol. The number of unbranched alkanes of at least 4 members (excludes halogenated alkanes) is 1. The Morgan fingerprint density at radius 1 is 0.972 bits per heavy atom. The van der Waals surface area contributed by atoms with Gasteiger partial charge in [-0.1, -0.05) is 24.3 Å². The van der Waals surface area contributed by atoms with Crippen LogP contribution in [0.25, 0.3) is 0 Å². The van der Waals surface area contributed by atoms with Crippen LogP contribution in [-0.2, 0) is 33.2 Å². The lowest BCUT2D eigenvalue weighted by atomic mass is 10.0. The van der Waals surface area contributed by atoms with E-state index in [9.17, 15) is 20.7 Å². The van der Waals surface area contributed by atoms with E-state index in [1.165, 1.54) is 19.1 Å². The first-order valence-electron chi connectivity index (χ1n) is 11.2. The van der Waals surface area contributed by atoms with Gasteiger partial charge in [-0.3, -0.25) is 9.45 Å². The predicted molar refractivity (Wildman–Crippen MR) is 140 cm³/mol. The van der Waals surface area contributed by atoms with Crippen molar-refractivity contribution >= 4 is 37.9 Å². The Morgan fingerprint density at radius 3 is 2.00 bits per heavy atom. The van der Waals surface area contributed by atoms with Crippen molar-refractivity contribution in [3.05, 3.63) is 59.7 Å². The molecule has 10 nitrogen and oxygen atoms in total. The Morgan fingerprint density at radius 2 is 1.50 bits per heavy atom. The molecule has 198 valence electrons. The minimum atomic E-state index is -4.67. The summed E-state index contributed by atoms with van der Waals surface area (Å²) in [7, 11) is -8.34. The number of anilines is 1. The van der Waals surface area contributed by atoms with Crippen LogP contribution in [0.4, 0.5) is 9.57 Å². The molecule has 0 unspecified atom stereocenters. The third-order valence-electron chi connectivity index (χ3n) is 5.29. The van der Waals surface area contributed by atoms with Gasteiger partial charge in [0, 0.05) is 5.69 Å². The summed E-state index contributed by atoms with van der Waals surface area (Å²) in [5, 5.41) is 0. The summed E-state index contributed by atoms with van der Waals surface area (Å²) in [6, 6.07) is 14.0. The summed E-state index contributed by atoms with van der Waals surface area (Å²) in [6.45, 7) is 5.20. The molecule has 0 fully saturated rings. The van der Waals surface area contributed by atoms with Crippen LogP contribution < -0.4 is 16.4 Å². The number of nitrogens with zero attached hydrogens (tertiary/aromatic N) is 3. The standard InChI is InChI=1S/C21H26FN5O2S.C2H6O3S/c1-21(2)26-19(23)25-20(24)27(21)17-11-5-9-15(13-17)7-3-4-8-16-10-6-12-18(14-16)30(22,28)29;1-2-6(3,4)5/h5-6,9-14H,3-4,7-8H2,1-2H3,(H4,23,24,25,26);2H2,1H3,(H,3,4,5). The van der Waals surface area contributed by atoms with Crippen molar-refractivity contribution in [3.8, 4) is 0 Å². The molecule has 5 N–H and O–H groups in total. The van der Waals surface area contributed by atoms with E-state index in [-0.39, 0.29) is 16.6 Å². The summed E-state index contributed by atoms with van der Waals surface area (Å²) >= 11 is 0. The summed E-state index contributed by atoms with van der Waals surface area (Å²) in [4.78, 5) is 10.00. The molecule has 0 spiro atoms. The number of hydrogen-bond donors (Lipinski definition) is 3. The number of aryl methyl sites for hydroxylation is 2. The Bertz CT molecular complexity index is 1340. The molecule has 0 saturated heterocycles. The van der Waals surface area contributed by atoms with Gasteiger partial charge in [0.25, 0.3) is 10.1 Å². The number of halogens is 1. The van der Waals surface area contributed by atoms with E-state index in [1.807, 2.05) is 43.0 Å². The number of nitrogens with two attached hydrogens (primary N) is 2. The molecule has 0 amide bonds. The summed E-state index contributed by atoms with van der Waals surface area (Å²) < 4.78 is 62.1. The maximum Gasteiger partial charge on any atom is 0.332 e. The monoisotopic (exact) mass is 541 g/mol. The van der Waals surface area contributed by atoms with Crippen molar-refractivity contribution in [2.75, 3.05) is 10.7 Å². The van der Waals surface area contributed by atoms with Crippen LogP contribution in [0.5, 0.6) is 0 Å². The molecule has 0 saturated carbocycles. The van der Waals surface area contributed by atoms with Gasteiger partial charge in [-0.25, -0.2) is 4.99 Å². The maximum absolute atomic E-state index is 13.1. The molecule has 0 radical (unpaired) electrons. The molecule has 0 aromatic heterocycles. The smallest absolute Gasteiger partial charge is 0.332 e. The average Bonchev–Trinajstić information content (AvgIpc) is 2.75. The van der Waals surface area contributed by atoms with Crippen LogP contribution in [0, 0.1) is 0 Å². The fraction of sp³-hybridized carbons (Fsp3) is 0.391. The van der Waals surface area contributed by atoms with Crippen LogP contribution in [0.1, 0.15) is 44.7 Å². The van der Waals surface area contributed by atoms with E-state index in [1.54, 1.807) is 6.07 Å². The van der Waals surface area contributed by atoms with Crippen molar-refractivity contribution in [2.24, 2.45) is 21.5 Å². The van der Waals surface area contributed by atoms with E-state index < -0.39 is 26.0 Å². The molecule has 0 bridgehead atoms. The molecule has 3 rings (SSSR count). The quantitative estimate of drug-likeness (QED) is 0.260. The Labute approximate surface area is 211 Å². The number of rotatable bonds is 8. The van der Waals surface area contributed by atoms with Gasteiger partial charge in [-0.05, 0) is 81.8 Å². The molecule has 1 aliphatic rings. The van der Waals surface area contributed by atoms with E-state index >= 15 is 0 Å². The zero-order valence-corrected chi connectivity index (χ0v) is 22.1. The van der Waals surface area contributed by atoms with Gasteiger partial charge in [0.05, 0.1) is 10.6 Å². The SMILES string of the molecule is CC1(C)N=C(N)N=C(N)N1c1cccc(CCCCc2cccc(S(=O)(=O)F)c2)c1.CCS(=O)(=O)O. The van der Waals surface area contributed by atoms with E-state index in [4.69, 9.17) is 16.0 Å². The van der Waals surface area contributed by atoms with Gasteiger partial charge in [0.2, 0.25) is 11.9 Å². The summed E-state index contributed by atoms with van der Waals surface area (Å²) in [5.41, 5.74) is 14.0. The first kappa shape index (κ1) is 29.2. The molecular formula is C23H32FN5O5S2.